The van der Waals surface area contributed by atoms with Gasteiger partial charge in [0.05, 0.1) is 5.92 Å². The maximum atomic E-state index is 12.0. The minimum atomic E-state index is -0.154. The molecule has 0 bridgehead atoms. The van der Waals surface area contributed by atoms with Crippen molar-refractivity contribution in [3.63, 3.8) is 0 Å². The minimum Gasteiger partial charge on any atom is -0.461 e. The Labute approximate surface area is 121 Å². The van der Waals surface area contributed by atoms with Crippen LogP contribution < -0.4 is 0 Å². The lowest BCUT2D eigenvalue weighted by molar-refractivity contribution is -0.158. The molecule has 20 heavy (non-hydrogen) atoms. The van der Waals surface area contributed by atoms with Crippen molar-refractivity contribution >= 4 is 12.3 Å². The van der Waals surface area contributed by atoms with E-state index in [1.165, 1.54) is 0 Å². The van der Waals surface area contributed by atoms with Gasteiger partial charge < -0.3 is 9.53 Å². The van der Waals surface area contributed by atoms with Crippen molar-refractivity contribution in [3.8, 4) is 0 Å². The maximum absolute atomic E-state index is 12.0. The van der Waals surface area contributed by atoms with E-state index in [0.717, 1.165) is 31.1 Å². The molecule has 0 aromatic heterocycles. The molecule has 2 rings (SSSR count). The molecule has 0 saturated heterocycles. The molecule has 0 fully saturated rings. The summed E-state index contributed by atoms with van der Waals surface area (Å²) in [7, 11) is 0. The molecule has 0 aliphatic heterocycles. The SMILES string of the molecule is CC[C@H](C)C(=O)O[C@@H]1CCC=C2C=C[C@@H](C)[C@@H](C=O)[C@@H]21. The van der Waals surface area contributed by atoms with Gasteiger partial charge in [-0.05, 0) is 30.8 Å². The smallest absolute Gasteiger partial charge is 0.308 e. The van der Waals surface area contributed by atoms with E-state index in [4.69, 9.17) is 4.74 Å². The Balaban J connectivity index is 2.18. The van der Waals surface area contributed by atoms with Crippen LogP contribution in [0.4, 0.5) is 0 Å². The number of esters is 1. The van der Waals surface area contributed by atoms with Crippen LogP contribution in [0.15, 0.2) is 23.8 Å². The monoisotopic (exact) mass is 276 g/mol. The van der Waals surface area contributed by atoms with Gasteiger partial charge in [0.25, 0.3) is 0 Å². The van der Waals surface area contributed by atoms with Crippen LogP contribution in [0.3, 0.4) is 0 Å². The number of allylic oxidation sites excluding steroid dienone is 3. The first-order chi connectivity index (χ1) is 9.58. The van der Waals surface area contributed by atoms with Crippen molar-refractivity contribution in [2.45, 2.75) is 46.1 Å². The van der Waals surface area contributed by atoms with Crippen LogP contribution in [-0.4, -0.2) is 18.4 Å². The summed E-state index contributed by atoms with van der Waals surface area (Å²) in [6, 6.07) is 0. The summed E-state index contributed by atoms with van der Waals surface area (Å²) in [6.45, 7) is 5.93. The van der Waals surface area contributed by atoms with Gasteiger partial charge >= 0.3 is 5.97 Å². The number of fused-ring (bicyclic) bond motifs is 1. The van der Waals surface area contributed by atoms with Crippen LogP contribution in [0.5, 0.6) is 0 Å². The Bertz CT molecular complexity index is 436. The van der Waals surface area contributed by atoms with Crippen molar-refractivity contribution < 1.29 is 14.3 Å². The highest BCUT2D eigenvalue weighted by atomic mass is 16.5. The van der Waals surface area contributed by atoms with E-state index in [1.54, 1.807) is 0 Å². The number of aldehydes is 1. The third kappa shape index (κ3) is 2.87. The Morgan fingerprint density at radius 1 is 1.55 bits per heavy atom. The summed E-state index contributed by atoms with van der Waals surface area (Å²) in [5, 5.41) is 0. The predicted molar refractivity (Wildman–Crippen MR) is 78.0 cm³/mol. The quantitative estimate of drug-likeness (QED) is 0.584. The summed E-state index contributed by atoms with van der Waals surface area (Å²) < 4.78 is 5.72. The van der Waals surface area contributed by atoms with E-state index in [0.29, 0.717) is 0 Å². The number of carbonyl (C=O) groups excluding carboxylic acids is 2. The molecule has 0 spiro atoms. The molecule has 3 nitrogen and oxygen atoms in total. The highest BCUT2D eigenvalue weighted by Gasteiger charge is 2.40. The summed E-state index contributed by atoms with van der Waals surface area (Å²) in [4.78, 5) is 23.5. The zero-order valence-corrected chi connectivity index (χ0v) is 12.5. The molecular formula is C17H24O3. The number of carbonyl (C=O) groups is 2. The molecule has 0 unspecified atom stereocenters. The average Bonchev–Trinajstić information content (AvgIpc) is 2.46. The first-order valence-electron chi connectivity index (χ1n) is 7.62. The fraction of sp³-hybridized carbons (Fsp3) is 0.647. The van der Waals surface area contributed by atoms with Gasteiger partial charge in [0, 0.05) is 11.8 Å². The number of hydrogen-bond donors (Lipinski definition) is 0. The van der Waals surface area contributed by atoms with E-state index < -0.39 is 0 Å². The molecule has 110 valence electrons. The minimum absolute atomic E-state index is 0.0363. The van der Waals surface area contributed by atoms with Gasteiger partial charge in [-0.25, -0.2) is 0 Å². The number of ether oxygens (including phenoxy) is 1. The third-order valence-corrected chi connectivity index (χ3v) is 4.67. The zero-order chi connectivity index (χ0) is 14.7. The molecule has 0 radical (unpaired) electrons. The summed E-state index contributed by atoms with van der Waals surface area (Å²) in [5.41, 5.74) is 1.16. The Hall–Kier alpha value is -1.38. The summed E-state index contributed by atoms with van der Waals surface area (Å²) in [5.74, 6) is -0.0470. The molecule has 2 aliphatic rings. The van der Waals surface area contributed by atoms with Crippen LogP contribution in [0.2, 0.25) is 0 Å². The second-order valence-corrected chi connectivity index (χ2v) is 6.02. The van der Waals surface area contributed by atoms with Crippen molar-refractivity contribution in [3.05, 3.63) is 23.8 Å². The van der Waals surface area contributed by atoms with E-state index in [9.17, 15) is 9.59 Å². The van der Waals surface area contributed by atoms with Gasteiger partial charge in [-0.2, -0.15) is 0 Å². The molecule has 0 heterocycles. The standard InChI is InChI=1S/C17H24O3/c1-4-11(2)17(19)20-15-7-5-6-13-9-8-12(3)14(10-18)16(13)15/h6,8-12,14-16H,4-5,7H2,1-3H3/t11-,12+,14+,15+,16+/m0/s1. The van der Waals surface area contributed by atoms with Gasteiger partial charge in [-0.1, -0.05) is 39.0 Å². The fourth-order valence-corrected chi connectivity index (χ4v) is 3.08. The topological polar surface area (TPSA) is 43.4 Å². The number of rotatable bonds is 4. The molecule has 0 saturated carbocycles. The Kier molecular flexibility index (Phi) is 4.79. The Morgan fingerprint density at radius 2 is 2.30 bits per heavy atom. The molecule has 0 N–H and O–H groups in total. The van der Waals surface area contributed by atoms with Crippen LogP contribution in [0, 0.1) is 23.7 Å². The highest BCUT2D eigenvalue weighted by molar-refractivity contribution is 5.72. The largest absolute Gasteiger partial charge is 0.461 e. The van der Waals surface area contributed by atoms with Crippen LogP contribution in [0.25, 0.3) is 0 Å². The van der Waals surface area contributed by atoms with Crippen LogP contribution >= 0.6 is 0 Å². The summed E-state index contributed by atoms with van der Waals surface area (Å²) in [6.07, 6.45) is 9.75. The molecule has 0 aromatic rings. The average molecular weight is 276 g/mol. The summed E-state index contributed by atoms with van der Waals surface area (Å²) >= 11 is 0. The predicted octanol–water partition coefficient (Wildman–Crippen LogP) is 3.30. The lowest BCUT2D eigenvalue weighted by Gasteiger charge is -2.39. The van der Waals surface area contributed by atoms with Gasteiger partial charge in [0.1, 0.15) is 12.4 Å². The molecule has 5 atom stereocenters. The van der Waals surface area contributed by atoms with E-state index in [1.807, 2.05) is 13.8 Å². The van der Waals surface area contributed by atoms with Crippen LogP contribution in [0.1, 0.15) is 40.0 Å². The third-order valence-electron chi connectivity index (χ3n) is 4.67. The highest BCUT2D eigenvalue weighted by Crippen LogP contribution is 2.40. The molecule has 0 amide bonds. The molecule has 0 aromatic carbocycles. The van der Waals surface area contributed by atoms with E-state index in [2.05, 4.69) is 25.2 Å². The first-order valence-corrected chi connectivity index (χ1v) is 7.62. The molecule has 2 aliphatic carbocycles. The maximum Gasteiger partial charge on any atom is 0.308 e. The zero-order valence-electron chi connectivity index (χ0n) is 12.5. The van der Waals surface area contributed by atoms with E-state index >= 15 is 0 Å². The molecule has 3 heteroatoms. The van der Waals surface area contributed by atoms with Gasteiger partial charge in [0.15, 0.2) is 0 Å². The lowest BCUT2D eigenvalue weighted by Crippen LogP contribution is -2.40. The van der Waals surface area contributed by atoms with E-state index in [-0.39, 0.29) is 35.7 Å². The number of hydrogen-bond acceptors (Lipinski definition) is 3. The first kappa shape index (κ1) is 15.0. The van der Waals surface area contributed by atoms with Gasteiger partial charge in [0.2, 0.25) is 0 Å². The second-order valence-electron chi connectivity index (χ2n) is 6.02. The van der Waals surface area contributed by atoms with Gasteiger partial charge in [-0.15, -0.1) is 0 Å². The van der Waals surface area contributed by atoms with Crippen molar-refractivity contribution in [2.75, 3.05) is 0 Å². The van der Waals surface area contributed by atoms with Gasteiger partial charge in [-0.3, -0.25) is 4.79 Å². The fourth-order valence-electron chi connectivity index (χ4n) is 3.08. The van der Waals surface area contributed by atoms with Crippen molar-refractivity contribution in [1.29, 1.82) is 0 Å². The van der Waals surface area contributed by atoms with Crippen LogP contribution in [-0.2, 0) is 14.3 Å². The lowest BCUT2D eigenvalue weighted by atomic mass is 9.69. The van der Waals surface area contributed by atoms with Crippen molar-refractivity contribution in [1.82, 2.24) is 0 Å². The molecular weight excluding hydrogens is 252 g/mol. The Morgan fingerprint density at radius 3 is 2.95 bits per heavy atom. The van der Waals surface area contributed by atoms with Crippen molar-refractivity contribution in [2.24, 2.45) is 23.7 Å². The second kappa shape index (κ2) is 6.38. The normalized spacial score (nSPS) is 33.9.